The summed E-state index contributed by atoms with van der Waals surface area (Å²) in [6.45, 7) is 5.52. The molecule has 3 heterocycles. The molecule has 4 atom stereocenters. The molecule has 7 heteroatoms. The number of aromatic nitrogens is 4. The van der Waals surface area contributed by atoms with Crippen LogP contribution in [0.4, 0.5) is 0 Å². The maximum absolute atomic E-state index is 13.2. The van der Waals surface area contributed by atoms with Crippen LogP contribution in [0.15, 0.2) is 49.1 Å². The van der Waals surface area contributed by atoms with Crippen molar-refractivity contribution in [2.24, 2.45) is 11.8 Å². The first kappa shape index (κ1) is 20.0. The number of carbonyl (C=O) groups excluding carboxylic acids is 1. The first-order valence-corrected chi connectivity index (χ1v) is 11.0. The van der Waals surface area contributed by atoms with Crippen LogP contribution in [0.25, 0.3) is 5.69 Å². The van der Waals surface area contributed by atoms with Gasteiger partial charge < -0.3 is 14.6 Å². The van der Waals surface area contributed by atoms with Crippen LogP contribution < -0.4 is 0 Å². The van der Waals surface area contributed by atoms with Crippen LogP contribution in [0.2, 0.25) is 0 Å². The Labute approximate surface area is 182 Å². The van der Waals surface area contributed by atoms with Gasteiger partial charge in [-0.2, -0.15) is 5.10 Å². The van der Waals surface area contributed by atoms with Crippen LogP contribution in [-0.2, 0) is 11.2 Å². The number of aliphatic hydroxyl groups is 1. The number of hydrogen-bond acceptors (Lipinski definition) is 4. The molecule has 5 rings (SSSR count). The van der Waals surface area contributed by atoms with Gasteiger partial charge in [-0.1, -0.05) is 18.2 Å². The second-order valence-electron chi connectivity index (χ2n) is 9.01. The zero-order valence-electron chi connectivity index (χ0n) is 18.1. The lowest BCUT2D eigenvalue weighted by Gasteiger charge is -2.35. The lowest BCUT2D eigenvalue weighted by molar-refractivity contribution is -0.129. The molecule has 0 spiro atoms. The number of benzene rings is 1. The lowest BCUT2D eigenvalue weighted by atomic mass is 9.77. The van der Waals surface area contributed by atoms with Gasteiger partial charge in [0.05, 0.1) is 36.3 Å². The minimum Gasteiger partial charge on any atom is -0.391 e. The Hall–Kier alpha value is -2.93. The van der Waals surface area contributed by atoms with E-state index in [4.69, 9.17) is 0 Å². The topological polar surface area (TPSA) is 76.2 Å². The highest BCUT2D eigenvalue weighted by Gasteiger charge is 2.43. The predicted molar refractivity (Wildman–Crippen MR) is 117 cm³/mol. The molecule has 2 aliphatic rings. The fourth-order valence-corrected chi connectivity index (χ4v) is 5.41. The molecule has 1 saturated heterocycles. The van der Waals surface area contributed by atoms with Crippen molar-refractivity contribution in [1.82, 2.24) is 24.2 Å². The van der Waals surface area contributed by atoms with E-state index in [9.17, 15) is 9.90 Å². The van der Waals surface area contributed by atoms with Gasteiger partial charge in [-0.25, -0.2) is 9.67 Å². The van der Waals surface area contributed by atoms with E-state index < -0.39 is 0 Å². The van der Waals surface area contributed by atoms with E-state index in [-0.39, 0.29) is 18.1 Å². The van der Waals surface area contributed by atoms with Crippen molar-refractivity contribution in [2.45, 2.75) is 45.3 Å². The van der Waals surface area contributed by atoms with Gasteiger partial charge in [0.2, 0.25) is 5.91 Å². The monoisotopic (exact) mass is 419 g/mol. The number of nitrogens with zero attached hydrogens (tertiary/aromatic N) is 5. The van der Waals surface area contributed by atoms with E-state index in [2.05, 4.69) is 10.1 Å². The minimum absolute atomic E-state index is 0.0485. The molecule has 1 saturated carbocycles. The van der Waals surface area contributed by atoms with E-state index >= 15 is 0 Å². The van der Waals surface area contributed by atoms with Gasteiger partial charge in [0, 0.05) is 36.7 Å². The minimum atomic E-state index is -0.390. The molecule has 162 valence electrons. The number of fused-ring (bicyclic) bond motifs is 1. The Bertz CT molecular complexity index is 1060. The Morgan fingerprint density at radius 2 is 1.87 bits per heavy atom. The average molecular weight is 420 g/mol. The quantitative estimate of drug-likeness (QED) is 0.706. The second-order valence-corrected chi connectivity index (χ2v) is 9.01. The van der Waals surface area contributed by atoms with Crippen LogP contribution in [0, 0.1) is 25.7 Å². The first-order chi connectivity index (χ1) is 15.0. The number of para-hydroxylation sites is 1. The van der Waals surface area contributed by atoms with E-state index in [1.165, 1.54) is 0 Å². The number of likely N-dealkylation sites (tertiary alicyclic amines) is 1. The summed E-state index contributed by atoms with van der Waals surface area (Å²) in [7, 11) is 0. The highest BCUT2D eigenvalue weighted by Crippen LogP contribution is 2.41. The van der Waals surface area contributed by atoms with E-state index in [0.717, 1.165) is 48.6 Å². The molecule has 0 unspecified atom stereocenters. The number of aliphatic hydroxyl groups excluding tert-OH is 1. The van der Waals surface area contributed by atoms with Gasteiger partial charge in [-0.05, 0) is 50.7 Å². The molecule has 2 aromatic heterocycles. The number of aryl methyl sites for hydroxylation is 1. The third kappa shape index (κ3) is 3.67. The normalized spacial score (nSPS) is 25.6. The van der Waals surface area contributed by atoms with E-state index in [0.29, 0.717) is 18.3 Å². The molecule has 1 aliphatic carbocycles. The largest absolute Gasteiger partial charge is 0.391 e. The molecule has 3 aromatic rings. The fraction of sp³-hybridized carbons (Fsp3) is 0.458. The standard InChI is InChI=1S/C24H29N5O2/c1-16-21(17(2)29(26-16)20-6-4-3-5-7-20)12-24(31)28-13-18-10-22(27-9-8-25-15-27)23(30)11-19(18)14-28/h3-9,15,18-19,22-23,30H,10-14H2,1-2H3/t18-,19+,22-,23-/m1/s1. The molecule has 1 aliphatic heterocycles. The maximum atomic E-state index is 13.2. The predicted octanol–water partition coefficient (Wildman–Crippen LogP) is 2.70. The van der Waals surface area contributed by atoms with Crippen LogP contribution in [0.1, 0.15) is 35.8 Å². The summed E-state index contributed by atoms with van der Waals surface area (Å²) in [4.78, 5) is 19.3. The molecule has 31 heavy (non-hydrogen) atoms. The Kier molecular flexibility index (Phi) is 5.14. The van der Waals surface area contributed by atoms with Crippen molar-refractivity contribution in [1.29, 1.82) is 0 Å². The van der Waals surface area contributed by atoms with Crippen molar-refractivity contribution < 1.29 is 9.90 Å². The van der Waals surface area contributed by atoms with Crippen molar-refractivity contribution in [3.63, 3.8) is 0 Å². The zero-order valence-corrected chi connectivity index (χ0v) is 18.1. The Morgan fingerprint density at radius 3 is 2.58 bits per heavy atom. The summed E-state index contributed by atoms with van der Waals surface area (Å²) in [6, 6.07) is 10.1. The maximum Gasteiger partial charge on any atom is 0.227 e. The number of amides is 1. The molecular weight excluding hydrogens is 390 g/mol. The summed E-state index contributed by atoms with van der Waals surface area (Å²) in [5.74, 6) is 0.948. The number of rotatable bonds is 4. The van der Waals surface area contributed by atoms with Crippen molar-refractivity contribution in [3.05, 3.63) is 66.0 Å². The summed E-state index contributed by atoms with van der Waals surface area (Å²) >= 11 is 0. The van der Waals surface area contributed by atoms with Gasteiger partial charge in [-0.15, -0.1) is 0 Å². The van der Waals surface area contributed by atoms with Gasteiger partial charge in [0.1, 0.15) is 0 Å². The van der Waals surface area contributed by atoms with Crippen molar-refractivity contribution in [2.75, 3.05) is 13.1 Å². The van der Waals surface area contributed by atoms with Crippen molar-refractivity contribution >= 4 is 5.91 Å². The third-order valence-corrected chi connectivity index (χ3v) is 7.14. The number of hydrogen-bond donors (Lipinski definition) is 1. The fourth-order valence-electron chi connectivity index (χ4n) is 5.41. The first-order valence-electron chi connectivity index (χ1n) is 11.0. The summed E-state index contributed by atoms with van der Waals surface area (Å²) in [5.41, 5.74) is 3.94. The SMILES string of the molecule is Cc1nn(-c2ccccc2)c(C)c1CC(=O)N1C[C@H]2C[C@@H](n3ccnc3)[C@H](O)C[C@H]2C1. The number of carbonyl (C=O) groups is 1. The summed E-state index contributed by atoms with van der Waals surface area (Å²) < 4.78 is 3.93. The van der Waals surface area contributed by atoms with Gasteiger partial charge in [0.25, 0.3) is 0 Å². The third-order valence-electron chi connectivity index (χ3n) is 7.14. The van der Waals surface area contributed by atoms with Crippen LogP contribution in [0.5, 0.6) is 0 Å². The van der Waals surface area contributed by atoms with Gasteiger partial charge in [0.15, 0.2) is 0 Å². The highest BCUT2D eigenvalue weighted by molar-refractivity contribution is 5.79. The van der Waals surface area contributed by atoms with Gasteiger partial charge >= 0.3 is 0 Å². The highest BCUT2D eigenvalue weighted by atomic mass is 16.3. The van der Waals surface area contributed by atoms with Crippen LogP contribution in [-0.4, -0.2) is 54.4 Å². The van der Waals surface area contributed by atoms with Crippen LogP contribution in [0.3, 0.4) is 0 Å². The zero-order chi connectivity index (χ0) is 21.5. The van der Waals surface area contributed by atoms with Crippen molar-refractivity contribution in [3.8, 4) is 5.69 Å². The van der Waals surface area contributed by atoms with Crippen LogP contribution >= 0.6 is 0 Å². The second kappa shape index (κ2) is 7.96. The lowest BCUT2D eigenvalue weighted by Crippen LogP contribution is -2.35. The van der Waals surface area contributed by atoms with Gasteiger partial charge in [-0.3, -0.25) is 4.79 Å². The summed E-state index contributed by atoms with van der Waals surface area (Å²) in [5, 5.41) is 15.4. The molecular formula is C24H29N5O2. The number of imidazole rings is 1. The average Bonchev–Trinajstić information content (AvgIpc) is 3.49. The van der Waals surface area contributed by atoms with E-state index in [1.807, 2.05) is 64.5 Å². The van der Waals surface area contributed by atoms with E-state index in [1.54, 1.807) is 12.5 Å². The Balaban J connectivity index is 1.29. The molecule has 2 fully saturated rings. The molecule has 1 N–H and O–H groups in total. The molecule has 0 radical (unpaired) electrons. The Morgan fingerprint density at radius 1 is 1.13 bits per heavy atom. The molecule has 0 bridgehead atoms. The molecule has 1 aromatic carbocycles. The molecule has 7 nitrogen and oxygen atoms in total. The summed E-state index contributed by atoms with van der Waals surface area (Å²) in [6.07, 6.45) is 7.06. The molecule has 1 amide bonds. The smallest absolute Gasteiger partial charge is 0.227 e.